The van der Waals surface area contributed by atoms with Crippen molar-refractivity contribution >= 4 is 15.9 Å². The van der Waals surface area contributed by atoms with Crippen LogP contribution in [-0.2, 0) is 6.54 Å². The average molecular weight is 313 g/mol. The number of halogens is 2. The van der Waals surface area contributed by atoms with Crippen LogP contribution in [0.25, 0.3) is 0 Å². The van der Waals surface area contributed by atoms with E-state index in [2.05, 4.69) is 20.9 Å². The Bertz CT molecular complexity index is 628. The fourth-order valence-electron chi connectivity index (χ4n) is 1.56. The molecule has 1 aromatic heterocycles. The van der Waals surface area contributed by atoms with E-state index >= 15 is 0 Å². The molecule has 0 radical (unpaired) electrons. The average Bonchev–Trinajstić information content (AvgIpc) is 2.37. The third-order valence-corrected chi connectivity index (χ3v) is 3.01. The molecule has 6 heteroatoms. The SMILES string of the molecule is COc1cccc(Cn2cncc(Br)c2=O)c1F. The lowest BCUT2D eigenvalue weighted by Gasteiger charge is -2.09. The number of aromatic nitrogens is 2. The first-order valence-electron chi connectivity index (χ1n) is 5.15. The highest BCUT2D eigenvalue weighted by atomic mass is 79.9. The van der Waals surface area contributed by atoms with Gasteiger partial charge < -0.3 is 4.74 Å². The summed E-state index contributed by atoms with van der Waals surface area (Å²) in [5, 5.41) is 0. The quantitative estimate of drug-likeness (QED) is 0.872. The molecule has 0 saturated heterocycles. The lowest BCUT2D eigenvalue weighted by atomic mass is 10.2. The molecule has 0 unspecified atom stereocenters. The van der Waals surface area contributed by atoms with Crippen molar-refractivity contribution in [3.05, 3.63) is 56.9 Å². The summed E-state index contributed by atoms with van der Waals surface area (Å²) in [7, 11) is 1.40. The van der Waals surface area contributed by atoms with Gasteiger partial charge >= 0.3 is 0 Å². The number of ether oxygens (including phenoxy) is 1. The third-order valence-electron chi connectivity index (χ3n) is 2.46. The van der Waals surface area contributed by atoms with Crippen LogP contribution in [0.1, 0.15) is 5.56 Å². The predicted octanol–water partition coefficient (Wildman–Crippen LogP) is 2.20. The van der Waals surface area contributed by atoms with Gasteiger partial charge in [0, 0.05) is 11.8 Å². The van der Waals surface area contributed by atoms with Gasteiger partial charge in [0.25, 0.3) is 5.56 Å². The molecule has 0 spiro atoms. The number of rotatable bonds is 3. The molecule has 94 valence electrons. The van der Waals surface area contributed by atoms with Gasteiger partial charge in [0.05, 0.1) is 20.0 Å². The maximum atomic E-state index is 13.9. The van der Waals surface area contributed by atoms with Crippen molar-refractivity contribution in [3.8, 4) is 5.75 Å². The fourth-order valence-corrected chi connectivity index (χ4v) is 1.90. The molecule has 0 saturated carbocycles. The summed E-state index contributed by atoms with van der Waals surface area (Å²) in [5.74, 6) is -0.310. The van der Waals surface area contributed by atoms with Crippen LogP contribution < -0.4 is 10.3 Å². The maximum absolute atomic E-state index is 13.9. The van der Waals surface area contributed by atoms with Crippen LogP contribution in [0.2, 0.25) is 0 Å². The van der Waals surface area contributed by atoms with Crippen LogP contribution in [-0.4, -0.2) is 16.7 Å². The van der Waals surface area contributed by atoms with Gasteiger partial charge in [0.1, 0.15) is 4.47 Å². The van der Waals surface area contributed by atoms with E-state index in [0.717, 1.165) is 0 Å². The van der Waals surface area contributed by atoms with Gasteiger partial charge in [-0.15, -0.1) is 0 Å². The molecule has 2 aromatic rings. The van der Waals surface area contributed by atoms with E-state index in [9.17, 15) is 9.18 Å². The van der Waals surface area contributed by atoms with Gasteiger partial charge in [-0.25, -0.2) is 9.37 Å². The van der Waals surface area contributed by atoms with Crippen molar-refractivity contribution in [1.82, 2.24) is 9.55 Å². The summed E-state index contributed by atoms with van der Waals surface area (Å²) in [6, 6.07) is 4.81. The van der Waals surface area contributed by atoms with Gasteiger partial charge in [0.15, 0.2) is 11.6 Å². The first kappa shape index (κ1) is 12.8. The predicted molar refractivity (Wildman–Crippen MR) is 68.3 cm³/mol. The van der Waals surface area contributed by atoms with Crippen molar-refractivity contribution in [2.45, 2.75) is 6.54 Å². The molecule has 1 aromatic carbocycles. The van der Waals surface area contributed by atoms with Gasteiger partial charge in [0.2, 0.25) is 0 Å². The molecule has 0 bridgehead atoms. The summed E-state index contributed by atoms with van der Waals surface area (Å²) in [5.41, 5.74) is 0.114. The molecule has 4 nitrogen and oxygen atoms in total. The van der Waals surface area contributed by atoms with Crippen molar-refractivity contribution in [2.75, 3.05) is 7.11 Å². The molecule has 0 fully saturated rings. The second-order valence-electron chi connectivity index (χ2n) is 3.61. The van der Waals surface area contributed by atoms with Crippen LogP contribution in [0, 0.1) is 5.82 Å². The van der Waals surface area contributed by atoms with Crippen molar-refractivity contribution in [1.29, 1.82) is 0 Å². The standard InChI is InChI=1S/C12H10BrFN2O2/c1-18-10-4-2-3-8(11(10)14)6-16-7-15-5-9(13)12(16)17/h2-5,7H,6H2,1H3. The van der Waals surface area contributed by atoms with Crippen LogP contribution in [0.4, 0.5) is 4.39 Å². The van der Waals surface area contributed by atoms with E-state index in [1.165, 1.54) is 30.3 Å². The Balaban J connectivity index is 2.40. The first-order valence-corrected chi connectivity index (χ1v) is 5.94. The van der Waals surface area contributed by atoms with E-state index in [-0.39, 0.29) is 17.9 Å². The molecular weight excluding hydrogens is 303 g/mol. The summed E-state index contributed by atoms with van der Waals surface area (Å²) in [4.78, 5) is 15.6. The molecule has 0 N–H and O–H groups in total. The number of hydrogen-bond donors (Lipinski definition) is 0. The van der Waals surface area contributed by atoms with Crippen LogP contribution >= 0.6 is 15.9 Å². The molecule has 18 heavy (non-hydrogen) atoms. The summed E-state index contributed by atoms with van der Waals surface area (Å²) < 4.78 is 20.5. The molecule has 0 aliphatic rings. The number of benzene rings is 1. The number of methoxy groups -OCH3 is 1. The molecular formula is C12H10BrFN2O2. The fraction of sp³-hybridized carbons (Fsp3) is 0.167. The zero-order valence-corrected chi connectivity index (χ0v) is 11.1. The summed E-state index contributed by atoms with van der Waals surface area (Å²) in [6.45, 7) is 0.105. The Hall–Kier alpha value is -1.69. The molecule has 2 rings (SSSR count). The topological polar surface area (TPSA) is 44.1 Å². The minimum Gasteiger partial charge on any atom is -0.494 e. The zero-order valence-electron chi connectivity index (χ0n) is 9.56. The summed E-state index contributed by atoms with van der Waals surface area (Å²) in [6.07, 6.45) is 2.77. The van der Waals surface area contributed by atoms with E-state index < -0.39 is 5.82 Å². The minimum absolute atomic E-state index is 0.105. The Morgan fingerprint density at radius 3 is 3.00 bits per heavy atom. The molecule has 0 atom stereocenters. The Labute approximate surface area is 111 Å². The maximum Gasteiger partial charge on any atom is 0.267 e. The van der Waals surface area contributed by atoms with Crippen molar-refractivity contribution in [2.24, 2.45) is 0 Å². The normalized spacial score (nSPS) is 10.4. The van der Waals surface area contributed by atoms with Crippen molar-refractivity contribution < 1.29 is 9.13 Å². The van der Waals surface area contributed by atoms with E-state index in [0.29, 0.717) is 10.0 Å². The van der Waals surface area contributed by atoms with Gasteiger partial charge in [-0.2, -0.15) is 0 Å². The highest BCUT2D eigenvalue weighted by molar-refractivity contribution is 9.10. The van der Waals surface area contributed by atoms with Crippen LogP contribution in [0.15, 0.2) is 40.0 Å². The Morgan fingerprint density at radius 2 is 2.28 bits per heavy atom. The van der Waals surface area contributed by atoms with E-state index in [1.807, 2.05) is 0 Å². The zero-order chi connectivity index (χ0) is 13.1. The van der Waals surface area contributed by atoms with Gasteiger partial charge in [-0.3, -0.25) is 9.36 Å². The molecule has 0 aliphatic heterocycles. The molecule has 0 aliphatic carbocycles. The van der Waals surface area contributed by atoms with Crippen molar-refractivity contribution in [3.63, 3.8) is 0 Å². The monoisotopic (exact) mass is 312 g/mol. The van der Waals surface area contributed by atoms with Crippen LogP contribution in [0.3, 0.4) is 0 Å². The Morgan fingerprint density at radius 1 is 1.50 bits per heavy atom. The molecule has 1 heterocycles. The highest BCUT2D eigenvalue weighted by Gasteiger charge is 2.10. The lowest BCUT2D eigenvalue weighted by Crippen LogP contribution is -2.21. The minimum atomic E-state index is -0.466. The third kappa shape index (κ3) is 2.43. The highest BCUT2D eigenvalue weighted by Crippen LogP contribution is 2.20. The van der Waals surface area contributed by atoms with Gasteiger partial charge in [-0.05, 0) is 22.0 Å². The Kier molecular flexibility index (Phi) is 3.76. The lowest BCUT2D eigenvalue weighted by molar-refractivity contribution is 0.383. The van der Waals surface area contributed by atoms with Gasteiger partial charge in [-0.1, -0.05) is 12.1 Å². The second kappa shape index (κ2) is 5.30. The molecule has 0 amide bonds. The van der Waals surface area contributed by atoms with E-state index in [4.69, 9.17) is 4.74 Å². The largest absolute Gasteiger partial charge is 0.494 e. The summed E-state index contributed by atoms with van der Waals surface area (Å²) >= 11 is 3.09. The first-order chi connectivity index (χ1) is 8.63. The second-order valence-corrected chi connectivity index (χ2v) is 4.46. The number of nitrogens with zero attached hydrogens (tertiary/aromatic N) is 2. The van der Waals surface area contributed by atoms with Crippen LogP contribution in [0.5, 0.6) is 5.75 Å². The number of hydrogen-bond acceptors (Lipinski definition) is 3. The smallest absolute Gasteiger partial charge is 0.267 e. The van der Waals surface area contributed by atoms with E-state index in [1.54, 1.807) is 12.1 Å².